The highest BCUT2D eigenvalue weighted by molar-refractivity contribution is 5.89. The van der Waals surface area contributed by atoms with Crippen LogP contribution in [0.1, 0.15) is 6.42 Å². The minimum atomic E-state index is -0.261. The second kappa shape index (κ2) is 7.40. The van der Waals surface area contributed by atoms with E-state index in [1.807, 2.05) is 30.3 Å². The summed E-state index contributed by atoms with van der Waals surface area (Å²) in [6.45, 7) is 1.30. The van der Waals surface area contributed by atoms with Gasteiger partial charge in [-0.05, 0) is 30.7 Å². The third kappa shape index (κ3) is 4.29. The Kier molecular flexibility index (Phi) is 4.83. The highest BCUT2D eigenvalue weighted by atomic mass is 16.7. The molecule has 1 aliphatic rings. The first-order valence-corrected chi connectivity index (χ1v) is 7.43. The van der Waals surface area contributed by atoms with Crippen molar-refractivity contribution in [1.29, 1.82) is 0 Å². The monoisotopic (exact) mass is 314 g/mol. The second-order valence-corrected chi connectivity index (χ2v) is 4.96. The molecule has 0 aliphatic carbocycles. The standard InChI is InChI=1S/C17H18N2O4/c20-17(18-9-4-10-21-14-5-2-1-3-6-14)19-13-7-8-15-16(11-13)23-12-22-15/h1-3,5-8,11H,4,9-10,12H2,(H2,18,19,20). The van der Waals surface area contributed by atoms with Crippen molar-refractivity contribution in [3.8, 4) is 17.2 Å². The number of rotatable bonds is 6. The van der Waals surface area contributed by atoms with E-state index in [4.69, 9.17) is 14.2 Å². The first-order valence-electron chi connectivity index (χ1n) is 7.43. The summed E-state index contributed by atoms with van der Waals surface area (Å²) in [5.74, 6) is 2.16. The van der Waals surface area contributed by atoms with Crippen molar-refractivity contribution >= 4 is 11.7 Å². The fourth-order valence-corrected chi connectivity index (χ4v) is 2.13. The lowest BCUT2D eigenvalue weighted by Crippen LogP contribution is -2.30. The molecule has 6 nitrogen and oxygen atoms in total. The van der Waals surface area contributed by atoms with Crippen LogP contribution in [0.4, 0.5) is 10.5 Å². The van der Waals surface area contributed by atoms with E-state index in [0.717, 1.165) is 12.2 Å². The van der Waals surface area contributed by atoms with Gasteiger partial charge in [0, 0.05) is 18.3 Å². The number of carbonyl (C=O) groups excluding carboxylic acids is 1. The fourth-order valence-electron chi connectivity index (χ4n) is 2.13. The summed E-state index contributed by atoms with van der Waals surface area (Å²) in [4.78, 5) is 11.8. The minimum absolute atomic E-state index is 0.215. The number of para-hydroxylation sites is 1. The number of hydrogen-bond donors (Lipinski definition) is 2. The lowest BCUT2D eigenvalue weighted by Gasteiger charge is -2.09. The van der Waals surface area contributed by atoms with Gasteiger partial charge in [0.15, 0.2) is 11.5 Å². The van der Waals surface area contributed by atoms with Crippen LogP contribution in [0.5, 0.6) is 17.2 Å². The first-order chi connectivity index (χ1) is 11.3. The molecule has 1 aliphatic heterocycles. The molecule has 3 rings (SSSR count). The van der Waals surface area contributed by atoms with Crippen molar-refractivity contribution in [2.75, 3.05) is 25.3 Å². The lowest BCUT2D eigenvalue weighted by molar-refractivity contribution is 0.174. The molecular weight excluding hydrogens is 296 g/mol. The number of urea groups is 1. The van der Waals surface area contributed by atoms with E-state index in [1.165, 1.54) is 0 Å². The van der Waals surface area contributed by atoms with Gasteiger partial charge in [0.25, 0.3) is 0 Å². The lowest BCUT2D eigenvalue weighted by atomic mass is 10.3. The van der Waals surface area contributed by atoms with Crippen LogP contribution in [0.2, 0.25) is 0 Å². The van der Waals surface area contributed by atoms with Crippen LogP contribution in [0.3, 0.4) is 0 Å². The molecule has 120 valence electrons. The molecule has 0 spiro atoms. The topological polar surface area (TPSA) is 68.8 Å². The average molecular weight is 314 g/mol. The number of nitrogens with one attached hydrogen (secondary N) is 2. The zero-order valence-electron chi connectivity index (χ0n) is 12.6. The maximum atomic E-state index is 11.8. The summed E-state index contributed by atoms with van der Waals surface area (Å²) in [6, 6.07) is 14.6. The molecule has 0 bridgehead atoms. The first kappa shape index (κ1) is 15.0. The molecule has 0 unspecified atom stereocenters. The van der Waals surface area contributed by atoms with Crippen molar-refractivity contribution in [2.24, 2.45) is 0 Å². The van der Waals surface area contributed by atoms with Crippen LogP contribution in [-0.2, 0) is 0 Å². The van der Waals surface area contributed by atoms with E-state index in [1.54, 1.807) is 18.2 Å². The number of anilines is 1. The van der Waals surface area contributed by atoms with Crippen molar-refractivity contribution in [2.45, 2.75) is 6.42 Å². The highest BCUT2D eigenvalue weighted by Gasteiger charge is 2.13. The van der Waals surface area contributed by atoms with Gasteiger partial charge in [-0.2, -0.15) is 0 Å². The predicted octanol–water partition coefficient (Wildman–Crippen LogP) is 3.01. The molecule has 2 aromatic carbocycles. The molecule has 0 fully saturated rings. The van der Waals surface area contributed by atoms with E-state index in [-0.39, 0.29) is 12.8 Å². The van der Waals surface area contributed by atoms with E-state index in [0.29, 0.717) is 30.3 Å². The van der Waals surface area contributed by atoms with Gasteiger partial charge in [-0.1, -0.05) is 18.2 Å². The third-order valence-corrected chi connectivity index (χ3v) is 3.25. The Balaban J connectivity index is 1.35. The molecule has 2 amide bonds. The maximum absolute atomic E-state index is 11.8. The van der Waals surface area contributed by atoms with Gasteiger partial charge in [-0.3, -0.25) is 0 Å². The zero-order chi connectivity index (χ0) is 15.9. The van der Waals surface area contributed by atoms with E-state index in [2.05, 4.69) is 10.6 Å². The molecule has 0 atom stereocenters. The number of benzene rings is 2. The van der Waals surface area contributed by atoms with Crippen molar-refractivity contribution in [3.05, 3.63) is 48.5 Å². The molecule has 0 saturated heterocycles. The van der Waals surface area contributed by atoms with Gasteiger partial charge >= 0.3 is 6.03 Å². The van der Waals surface area contributed by atoms with Gasteiger partial charge < -0.3 is 24.8 Å². The van der Waals surface area contributed by atoms with Crippen molar-refractivity contribution in [3.63, 3.8) is 0 Å². The van der Waals surface area contributed by atoms with Gasteiger partial charge in [-0.15, -0.1) is 0 Å². The van der Waals surface area contributed by atoms with E-state index < -0.39 is 0 Å². The maximum Gasteiger partial charge on any atom is 0.319 e. The number of fused-ring (bicyclic) bond motifs is 1. The number of amides is 2. The average Bonchev–Trinajstić information content (AvgIpc) is 3.03. The van der Waals surface area contributed by atoms with Gasteiger partial charge in [0.05, 0.1) is 6.61 Å². The summed E-state index contributed by atoms with van der Waals surface area (Å²) in [5.41, 5.74) is 0.660. The summed E-state index contributed by atoms with van der Waals surface area (Å²) in [6.07, 6.45) is 0.726. The molecule has 2 aromatic rings. The third-order valence-electron chi connectivity index (χ3n) is 3.25. The fraction of sp³-hybridized carbons (Fsp3) is 0.235. The van der Waals surface area contributed by atoms with Crippen LogP contribution < -0.4 is 24.8 Å². The normalized spacial score (nSPS) is 11.8. The molecular formula is C17H18N2O4. The van der Waals surface area contributed by atoms with Crippen LogP contribution in [0.15, 0.2) is 48.5 Å². The van der Waals surface area contributed by atoms with Gasteiger partial charge in [-0.25, -0.2) is 4.79 Å². The van der Waals surface area contributed by atoms with Crippen molar-refractivity contribution in [1.82, 2.24) is 5.32 Å². The van der Waals surface area contributed by atoms with E-state index >= 15 is 0 Å². The Morgan fingerprint density at radius 1 is 1.09 bits per heavy atom. The summed E-state index contributed by atoms with van der Waals surface area (Å²) < 4.78 is 16.0. The van der Waals surface area contributed by atoms with E-state index in [9.17, 15) is 4.79 Å². The summed E-state index contributed by atoms with van der Waals surface area (Å²) in [5, 5.41) is 5.54. The van der Waals surface area contributed by atoms with Gasteiger partial charge in [0.1, 0.15) is 5.75 Å². The molecule has 1 heterocycles. The Bertz CT molecular complexity index is 661. The second-order valence-electron chi connectivity index (χ2n) is 4.96. The quantitative estimate of drug-likeness (QED) is 0.804. The zero-order valence-corrected chi connectivity index (χ0v) is 12.6. The Labute approximate surface area is 134 Å². The molecule has 6 heteroatoms. The van der Waals surface area contributed by atoms with Crippen LogP contribution in [-0.4, -0.2) is 26.0 Å². The SMILES string of the molecule is O=C(NCCCOc1ccccc1)Nc1ccc2c(c1)OCO2. The van der Waals surface area contributed by atoms with Crippen LogP contribution in [0.25, 0.3) is 0 Å². The highest BCUT2D eigenvalue weighted by Crippen LogP contribution is 2.34. The Morgan fingerprint density at radius 2 is 1.91 bits per heavy atom. The summed E-state index contributed by atoms with van der Waals surface area (Å²) >= 11 is 0. The largest absolute Gasteiger partial charge is 0.494 e. The smallest absolute Gasteiger partial charge is 0.319 e. The molecule has 23 heavy (non-hydrogen) atoms. The van der Waals surface area contributed by atoms with Crippen LogP contribution >= 0.6 is 0 Å². The Morgan fingerprint density at radius 3 is 2.78 bits per heavy atom. The number of carbonyl (C=O) groups is 1. The van der Waals surface area contributed by atoms with Gasteiger partial charge in [0.2, 0.25) is 6.79 Å². The Hall–Kier alpha value is -2.89. The number of hydrogen-bond acceptors (Lipinski definition) is 4. The molecule has 0 saturated carbocycles. The summed E-state index contributed by atoms with van der Waals surface area (Å²) in [7, 11) is 0. The number of ether oxygens (including phenoxy) is 3. The molecule has 0 aromatic heterocycles. The van der Waals surface area contributed by atoms with Crippen LogP contribution in [0, 0.1) is 0 Å². The molecule has 0 radical (unpaired) electrons. The predicted molar refractivity (Wildman–Crippen MR) is 86.1 cm³/mol. The molecule has 2 N–H and O–H groups in total. The minimum Gasteiger partial charge on any atom is -0.494 e. The van der Waals surface area contributed by atoms with Crippen molar-refractivity contribution < 1.29 is 19.0 Å².